The number of carbonyl (C=O) groups is 1. The van der Waals surface area contributed by atoms with E-state index in [1.807, 2.05) is 20.8 Å². The molecular formula is C18H29N3O5S. The summed E-state index contributed by atoms with van der Waals surface area (Å²) in [5.74, 6) is 0.907. The van der Waals surface area contributed by atoms with Crippen molar-refractivity contribution in [1.29, 1.82) is 0 Å². The van der Waals surface area contributed by atoms with Crippen LogP contribution in [-0.4, -0.2) is 60.9 Å². The van der Waals surface area contributed by atoms with Crippen LogP contribution in [0.3, 0.4) is 0 Å². The molecule has 152 valence electrons. The lowest BCUT2D eigenvalue weighted by Gasteiger charge is -2.36. The summed E-state index contributed by atoms with van der Waals surface area (Å²) in [7, 11) is -3.36. The smallest absolute Gasteiger partial charge is 0.273 e. The first-order valence-corrected chi connectivity index (χ1v) is 11.3. The van der Waals surface area contributed by atoms with Gasteiger partial charge in [0.1, 0.15) is 5.76 Å². The zero-order valence-electron chi connectivity index (χ0n) is 16.2. The number of hydrogen-bond acceptors (Lipinski definition) is 6. The Morgan fingerprint density at radius 2 is 2.15 bits per heavy atom. The lowest BCUT2D eigenvalue weighted by molar-refractivity contribution is 0.0892. The van der Waals surface area contributed by atoms with Crippen molar-refractivity contribution in [3.63, 3.8) is 0 Å². The molecule has 9 heteroatoms. The van der Waals surface area contributed by atoms with Gasteiger partial charge in [-0.2, -0.15) is 4.31 Å². The summed E-state index contributed by atoms with van der Waals surface area (Å²) >= 11 is 0. The molecule has 0 spiro atoms. The van der Waals surface area contributed by atoms with Crippen LogP contribution in [0.25, 0.3) is 0 Å². The Balaban J connectivity index is 1.50. The van der Waals surface area contributed by atoms with E-state index in [0.717, 1.165) is 18.6 Å². The van der Waals surface area contributed by atoms with Crippen LogP contribution >= 0.6 is 0 Å². The number of rotatable bonds is 8. The minimum atomic E-state index is -3.36. The molecule has 0 radical (unpaired) electrons. The van der Waals surface area contributed by atoms with E-state index in [9.17, 15) is 13.2 Å². The molecule has 27 heavy (non-hydrogen) atoms. The Kier molecular flexibility index (Phi) is 6.22. The Bertz CT molecular complexity index is 757. The van der Waals surface area contributed by atoms with Crippen molar-refractivity contribution in [2.45, 2.75) is 70.6 Å². The van der Waals surface area contributed by atoms with E-state index in [2.05, 4.69) is 10.5 Å². The second-order valence-corrected chi connectivity index (χ2v) is 9.82. The predicted octanol–water partition coefficient (Wildman–Crippen LogP) is 1.89. The first kappa shape index (κ1) is 20.3. The standard InChI is InChI=1S/C18H29N3O5S/c1-12(2)25-8-9-27(23,24)21-7-6-15(10-13(21)3)19-18(22)16-11-17(26-20-16)14-4-5-14/h11-15H,4-10H2,1-3H3,(H,19,22)/t13-,15+/m0/s1. The number of nitrogens with zero attached hydrogens (tertiary/aromatic N) is 2. The van der Waals surface area contributed by atoms with Gasteiger partial charge < -0.3 is 14.6 Å². The van der Waals surface area contributed by atoms with Gasteiger partial charge in [-0.05, 0) is 46.5 Å². The summed E-state index contributed by atoms with van der Waals surface area (Å²) in [5, 5.41) is 6.82. The van der Waals surface area contributed by atoms with Gasteiger partial charge in [-0.3, -0.25) is 4.79 Å². The maximum atomic E-state index is 12.5. The fourth-order valence-corrected chi connectivity index (χ4v) is 4.98. The molecule has 1 saturated carbocycles. The van der Waals surface area contributed by atoms with Crippen LogP contribution in [0.5, 0.6) is 0 Å². The second-order valence-electron chi connectivity index (χ2n) is 7.78. The van der Waals surface area contributed by atoms with Crippen LogP contribution in [-0.2, 0) is 14.8 Å². The molecule has 3 rings (SSSR count). The highest BCUT2D eigenvalue weighted by Crippen LogP contribution is 2.40. The molecule has 2 atom stereocenters. The molecule has 8 nitrogen and oxygen atoms in total. The molecule has 1 aliphatic carbocycles. The van der Waals surface area contributed by atoms with Gasteiger partial charge in [0.25, 0.3) is 5.91 Å². The van der Waals surface area contributed by atoms with Gasteiger partial charge >= 0.3 is 0 Å². The van der Waals surface area contributed by atoms with Crippen molar-refractivity contribution >= 4 is 15.9 Å². The molecule has 1 aliphatic heterocycles. The quantitative estimate of drug-likeness (QED) is 0.716. The maximum absolute atomic E-state index is 12.5. The summed E-state index contributed by atoms with van der Waals surface area (Å²) in [4.78, 5) is 12.4. The average molecular weight is 400 g/mol. The SMILES string of the molecule is CC(C)OCCS(=O)(=O)N1CC[C@@H](NC(=O)c2cc(C3CC3)on2)C[C@@H]1C. The normalized spacial score (nSPS) is 24.3. The number of piperidine rings is 1. The van der Waals surface area contributed by atoms with E-state index < -0.39 is 10.0 Å². The van der Waals surface area contributed by atoms with Crippen molar-refractivity contribution in [3.05, 3.63) is 17.5 Å². The van der Waals surface area contributed by atoms with E-state index in [1.165, 1.54) is 4.31 Å². The fourth-order valence-electron chi connectivity index (χ4n) is 3.42. The molecule has 1 amide bonds. The van der Waals surface area contributed by atoms with Gasteiger partial charge in [-0.1, -0.05) is 5.16 Å². The molecule has 1 aromatic rings. The molecule has 1 N–H and O–H groups in total. The minimum Gasteiger partial charge on any atom is -0.378 e. The van der Waals surface area contributed by atoms with Crippen molar-refractivity contribution < 1.29 is 22.5 Å². The summed E-state index contributed by atoms with van der Waals surface area (Å²) in [6, 6.07) is 1.46. The van der Waals surface area contributed by atoms with E-state index >= 15 is 0 Å². The van der Waals surface area contributed by atoms with E-state index in [-0.39, 0.29) is 36.5 Å². The lowest BCUT2D eigenvalue weighted by atomic mass is 10.0. The lowest BCUT2D eigenvalue weighted by Crippen LogP contribution is -2.51. The number of sulfonamides is 1. The van der Waals surface area contributed by atoms with Crippen LogP contribution in [0.4, 0.5) is 0 Å². The number of hydrogen-bond donors (Lipinski definition) is 1. The van der Waals surface area contributed by atoms with Crippen molar-refractivity contribution in [2.75, 3.05) is 18.9 Å². The Morgan fingerprint density at radius 3 is 2.78 bits per heavy atom. The summed E-state index contributed by atoms with van der Waals surface area (Å²) in [6.07, 6.45) is 3.33. The summed E-state index contributed by atoms with van der Waals surface area (Å²) in [6.45, 7) is 6.22. The summed E-state index contributed by atoms with van der Waals surface area (Å²) < 4.78 is 37.2. The van der Waals surface area contributed by atoms with Gasteiger partial charge in [0.2, 0.25) is 10.0 Å². The minimum absolute atomic E-state index is 0.00975. The van der Waals surface area contributed by atoms with Gasteiger partial charge in [-0.25, -0.2) is 8.42 Å². The first-order chi connectivity index (χ1) is 12.8. The number of carbonyl (C=O) groups excluding carboxylic acids is 1. The highest BCUT2D eigenvalue weighted by molar-refractivity contribution is 7.89. The average Bonchev–Trinajstić information content (AvgIpc) is 3.31. The monoisotopic (exact) mass is 399 g/mol. The number of aromatic nitrogens is 1. The summed E-state index contributed by atoms with van der Waals surface area (Å²) in [5.41, 5.74) is 0.297. The van der Waals surface area contributed by atoms with E-state index in [4.69, 9.17) is 9.26 Å². The third-order valence-corrected chi connectivity index (χ3v) is 6.98. The molecule has 0 aromatic carbocycles. The van der Waals surface area contributed by atoms with Crippen LogP contribution in [0.15, 0.2) is 10.6 Å². The largest absolute Gasteiger partial charge is 0.378 e. The first-order valence-electron chi connectivity index (χ1n) is 9.65. The molecule has 2 fully saturated rings. The van der Waals surface area contributed by atoms with Crippen LogP contribution in [0.2, 0.25) is 0 Å². The van der Waals surface area contributed by atoms with E-state index in [1.54, 1.807) is 6.07 Å². The predicted molar refractivity (Wildman–Crippen MR) is 100 cm³/mol. The van der Waals surface area contributed by atoms with Crippen LogP contribution in [0.1, 0.15) is 68.6 Å². The van der Waals surface area contributed by atoms with Gasteiger partial charge in [0, 0.05) is 30.6 Å². The third-order valence-electron chi connectivity index (χ3n) is 5.04. The number of ether oxygens (including phenoxy) is 1. The van der Waals surface area contributed by atoms with Crippen LogP contribution < -0.4 is 5.32 Å². The Morgan fingerprint density at radius 1 is 1.41 bits per heavy atom. The Hall–Kier alpha value is -1.45. The van der Waals surface area contributed by atoms with E-state index in [0.29, 0.717) is 31.0 Å². The van der Waals surface area contributed by atoms with Crippen LogP contribution in [0, 0.1) is 0 Å². The Labute approximate surface area is 160 Å². The second kappa shape index (κ2) is 8.28. The van der Waals surface area contributed by atoms with Gasteiger partial charge in [0.05, 0.1) is 18.5 Å². The zero-order chi connectivity index (χ0) is 19.6. The highest BCUT2D eigenvalue weighted by Gasteiger charge is 2.34. The zero-order valence-corrected chi connectivity index (χ0v) is 17.0. The number of amides is 1. The third kappa shape index (κ3) is 5.30. The van der Waals surface area contributed by atoms with Crippen molar-refractivity contribution in [1.82, 2.24) is 14.8 Å². The molecule has 0 unspecified atom stereocenters. The van der Waals surface area contributed by atoms with Gasteiger partial charge in [0.15, 0.2) is 5.69 Å². The maximum Gasteiger partial charge on any atom is 0.273 e. The van der Waals surface area contributed by atoms with Gasteiger partial charge in [-0.15, -0.1) is 0 Å². The van der Waals surface area contributed by atoms with Crippen molar-refractivity contribution in [3.8, 4) is 0 Å². The molecule has 1 aromatic heterocycles. The fraction of sp³-hybridized carbons (Fsp3) is 0.778. The molecule has 2 aliphatic rings. The number of nitrogens with one attached hydrogen (secondary N) is 1. The molecule has 2 heterocycles. The topological polar surface area (TPSA) is 102 Å². The molecule has 0 bridgehead atoms. The highest BCUT2D eigenvalue weighted by atomic mass is 32.2. The molecule has 1 saturated heterocycles. The van der Waals surface area contributed by atoms with Crippen molar-refractivity contribution in [2.24, 2.45) is 0 Å². The molecular weight excluding hydrogens is 370 g/mol.